The van der Waals surface area contributed by atoms with Crippen molar-refractivity contribution in [2.75, 3.05) is 20.2 Å². The second-order valence-electron chi connectivity index (χ2n) is 10.0. The summed E-state index contributed by atoms with van der Waals surface area (Å²) in [5, 5.41) is 2.80. The van der Waals surface area contributed by atoms with Gasteiger partial charge in [0.2, 0.25) is 0 Å². The third-order valence-corrected chi connectivity index (χ3v) is 7.54. The van der Waals surface area contributed by atoms with Gasteiger partial charge in [0.1, 0.15) is 17.9 Å². The number of esters is 1. The molecule has 1 aliphatic heterocycles. The van der Waals surface area contributed by atoms with E-state index >= 15 is 0 Å². The third kappa shape index (κ3) is 5.39. The molecule has 0 atom stereocenters. The van der Waals surface area contributed by atoms with Crippen molar-refractivity contribution < 1.29 is 28.3 Å². The molecule has 4 amide bonds. The van der Waals surface area contributed by atoms with Crippen molar-refractivity contribution in [1.82, 2.24) is 15.1 Å². The van der Waals surface area contributed by atoms with Crippen molar-refractivity contribution in [1.29, 1.82) is 0 Å². The minimum Gasteiger partial charge on any atom is -0.454 e. The van der Waals surface area contributed by atoms with Gasteiger partial charge in [0.25, 0.3) is 11.8 Å². The molecule has 1 aromatic carbocycles. The van der Waals surface area contributed by atoms with Gasteiger partial charge in [-0.2, -0.15) is 0 Å². The first-order valence-electron chi connectivity index (χ1n) is 11.8. The largest absolute Gasteiger partial charge is 0.454 e. The number of urea groups is 1. The Labute approximate surface area is 199 Å². The van der Waals surface area contributed by atoms with Crippen LogP contribution in [0.25, 0.3) is 0 Å². The lowest BCUT2D eigenvalue weighted by Crippen LogP contribution is -2.51. The quantitative estimate of drug-likeness (QED) is 0.460. The zero-order valence-electron chi connectivity index (χ0n) is 20.4. The Morgan fingerprint density at radius 2 is 1.88 bits per heavy atom. The molecular formula is C25H34FN3O5. The van der Waals surface area contributed by atoms with E-state index < -0.39 is 48.3 Å². The maximum atomic E-state index is 13.8. The highest BCUT2D eigenvalue weighted by atomic mass is 19.1. The predicted molar refractivity (Wildman–Crippen MR) is 123 cm³/mol. The first-order valence-corrected chi connectivity index (χ1v) is 11.8. The Balaban J connectivity index is 1.50. The van der Waals surface area contributed by atoms with E-state index in [1.54, 1.807) is 18.2 Å². The van der Waals surface area contributed by atoms with Crippen molar-refractivity contribution in [3.63, 3.8) is 0 Å². The molecule has 0 unspecified atom stereocenters. The fraction of sp³-hybridized carbons (Fsp3) is 0.600. The van der Waals surface area contributed by atoms with Crippen molar-refractivity contribution in [2.24, 2.45) is 11.3 Å². The molecule has 9 heteroatoms. The molecule has 1 heterocycles. The number of ether oxygens (including phenoxy) is 1. The Hall–Kier alpha value is -2.97. The summed E-state index contributed by atoms with van der Waals surface area (Å²) in [7, 11) is 1.47. The van der Waals surface area contributed by atoms with Gasteiger partial charge in [-0.25, -0.2) is 9.18 Å². The predicted octanol–water partition coefficient (Wildman–Crippen LogP) is 3.24. The number of hydrogen-bond donors (Lipinski definition) is 1. The molecule has 0 radical (unpaired) electrons. The molecule has 0 bridgehead atoms. The van der Waals surface area contributed by atoms with Crippen LogP contribution >= 0.6 is 0 Å². The van der Waals surface area contributed by atoms with E-state index in [4.69, 9.17) is 4.74 Å². The number of halogens is 1. The minimum absolute atomic E-state index is 0.0222. The van der Waals surface area contributed by atoms with Gasteiger partial charge in [-0.3, -0.25) is 19.3 Å². The summed E-state index contributed by atoms with van der Waals surface area (Å²) in [6, 6.07) is 5.47. The molecule has 2 aliphatic rings. The van der Waals surface area contributed by atoms with Gasteiger partial charge >= 0.3 is 12.0 Å². The van der Waals surface area contributed by atoms with Crippen LogP contribution in [0, 0.1) is 17.2 Å². The fourth-order valence-corrected chi connectivity index (χ4v) is 4.74. The fourth-order valence-electron chi connectivity index (χ4n) is 4.74. The van der Waals surface area contributed by atoms with Gasteiger partial charge < -0.3 is 15.0 Å². The number of imide groups is 1. The van der Waals surface area contributed by atoms with Crippen molar-refractivity contribution in [3.05, 3.63) is 35.6 Å². The van der Waals surface area contributed by atoms with Crippen LogP contribution in [0.2, 0.25) is 0 Å². The lowest BCUT2D eigenvalue weighted by atomic mass is 9.65. The summed E-state index contributed by atoms with van der Waals surface area (Å²) in [4.78, 5) is 52.2. The minimum atomic E-state index is -0.965. The Morgan fingerprint density at radius 1 is 1.24 bits per heavy atom. The van der Waals surface area contributed by atoms with E-state index in [0.717, 1.165) is 24.2 Å². The molecule has 34 heavy (non-hydrogen) atoms. The highest BCUT2D eigenvalue weighted by molar-refractivity contribution is 6.08. The van der Waals surface area contributed by atoms with E-state index in [-0.39, 0.29) is 12.0 Å². The average Bonchev–Trinajstić information content (AvgIpc) is 3.03. The van der Waals surface area contributed by atoms with E-state index in [1.165, 1.54) is 18.0 Å². The van der Waals surface area contributed by atoms with Crippen molar-refractivity contribution in [2.45, 2.75) is 65.0 Å². The first-order chi connectivity index (χ1) is 16.0. The number of benzene rings is 1. The molecular weight excluding hydrogens is 441 g/mol. The second-order valence-corrected chi connectivity index (χ2v) is 10.0. The van der Waals surface area contributed by atoms with Gasteiger partial charge in [0.15, 0.2) is 6.61 Å². The van der Waals surface area contributed by atoms with E-state index in [2.05, 4.69) is 26.1 Å². The maximum Gasteiger partial charge on any atom is 0.326 e. The van der Waals surface area contributed by atoms with E-state index in [1.807, 2.05) is 0 Å². The van der Waals surface area contributed by atoms with Crippen molar-refractivity contribution >= 4 is 23.8 Å². The van der Waals surface area contributed by atoms with Gasteiger partial charge in [-0.15, -0.1) is 0 Å². The number of nitrogens with one attached hydrogen (secondary N) is 1. The summed E-state index contributed by atoms with van der Waals surface area (Å²) >= 11 is 0. The topological polar surface area (TPSA) is 96.0 Å². The normalized spacial score (nSPS) is 22.6. The number of hydrogen-bond acceptors (Lipinski definition) is 5. The molecule has 186 valence electrons. The lowest BCUT2D eigenvalue weighted by Gasteiger charge is -2.42. The number of rotatable bonds is 8. The molecule has 1 saturated heterocycles. The number of carbonyl (C=O) groups excluding carboxylic acids is 4. The summed E-state index contributed by atoms with van der Waals surface area (Å²) in [5.41, 5.74) is -0.456. The van der Waals surface area contributed by atoms with Crippen LogP contribution in [-0.2, 0) is 25.7 Å². The molecule has 1 aromatic rings. The van der Waals surface area contributed by atoms with Gasteiger partial charge in [-0.1, -0.05) is 45.4 Å². The van der Waals surface area contributed by atoms with Gasteiger partial charge in [0.05, 0.1) is 0 Å². The number of amides is 4. The summed E-state index contributed by atoms with van der Waals surface area (Å²) in [6.45, 7) is 5.51. The van der Waals surface area contributed by atoms with E-state index in [9.17, 15) is 23.6 Å². The standard InChI is InChI=1S/C25H34FN3O5/c1-5-24(2,3)18-10-12-25(13-11-18)22(32)29(23(33)27-25)15-21(31)34-16-20(30)28(4)14-17-8-6-7-9-19(17)26/h6-9,18H,5,10-16H2,1-4H3,(H,27,33). The van der Waals surface area contributed by atoms with Crippen LogP contribution in [0.4, 0.5) is 9.18 Å². The van der Waals surface area contributed by atoms with Crippen LogP contribution < -0.4 is 5.32 Å². The molecule has 1 N–H and O–H groups in total. The lowest BCUT2D eigenvalue weighted by molar-refractivity contribution is -0.153. The number of nitrogens with zero attached hydrogens (tertiary/aromatic N) is 2. The van der Waals surface area contributed by atoms with Gasteiger partial charge in [-0.05, 0) is 43.1 Å². The summed E-state index contributed by atoms with van der Waals surface area (Å²) in [6.07, 6.45) is 3.77. The maximum absolute atomic E-state index is 13.8. The van der Waals surface area contributed by atoms with Crippen LogP contribution in [0.5, 0.6) is 0 Å². The van der Waals surface area contributed by atoms with Crippen LogP contribution in [0.3, 0.4) is 0 Å². The molecule has 0 aromatic heterocycles. The van der Waals surface area contributed by atoms with Crippen LogP contribution in [-0.4, -0.2) is 59.4 Å². The smallest absolute Gasteiger partial charge is 0.326 e. The monoisotopic (exact) mass is 475 g/mol. The highest BCUT2D eigenvalue weighted by Crippen LogP contribution is 2.45. The highest BCUT2D eigenvalue weighted by Gasteiger charge is 2.53. The number of likely N-dealkylation sites (N-methyl/N-ethyl adjacent to an activating group) is 1. The summed E-state index contributed by atoms with van der Waals surface area (Å²) < 4.78 is 18.8. The SMILES string of the molecule is CCC(C)(C)C1CCC2(CC1)NC(=O)N(CC(=O)OCC(=O)N(C)Cc1ccccc1F)C2=O. The van der Waals surface area contributed by atoms with E-state index in [0.29, 0.717) is 24.3 Å². The molecule has 2 fully saturated rings. The Bertz CT molecular complexity index is 956. The van der Waals surface area contributed by atoms with Gasteiger partial charge in [0, 0.05) is 19.2 Å². The Morgan fingerprint density at radius 3 is 2.50 bits per heavy atom. The molecule has 1 saturated carbocycles. The van der Waals surface area contributed by atoms with Crippen LogP contribution in [0.1, 0.15) is 58.4 Å². The molecule has 1 spiro atoms. The zero-order valence-corrected chi connectivity index (χ0v) is 20.4. The summed E-state index contributed by atoms with van der Waals surface area (Å²) in [5.74, 6) is -1.75. The van der Waals surface area contributed by atoms with Crippen molar-refractivity contribution in [3.8, 4) is 0 Å². The first kappa shape index (κ1) is 25.6. The molecule has 3 rings (SSSR count). The second kappa shape index (κ2) is 10.1. The zero-order chi connectivity index (χ0) is 25.1. The average molecular weight is 476 g/mol. The third-order valence-electron chi connectivity index (χ3n) is 7.54. The molecule has 8 nitrogen and oxygen atoms in total. The Kier molecular flexibility index (Phi) is 7.63. The molecule has 1 aliphatic carbocycles. The number of carbonyl (C=O) groups is 4. The van der Waals surface area contributed by atoms with Crippen LogP contribution in [0.15, 0.2) is 24.3 Å².